The maximum absolute atomic E-state index is 13.1. The fourth-order valence-electron chi connectivity index (χ4n) is 5.03. The van der Waals surface area contributed by atoms with Gasteiger partial charge in [-0.05, 0) is 79.3 Å². The fraction of sp³-hybridized carbons (Fsp3) is 0.212. The van der Waals surface area contributed by atoms with E-state index < -0.39 is 11.3 Å². The van der Waals surface area contributed by atoms with E-state index in [9.17, 15) is 18.7 Å². The normalized spacial score (nSPS) is 12.7. The standard InChI is InChI=1S/C33H33ClN4O4S/c1-23-5-4-18-37-22-31(36-32(23)37)26-10-8-24(9-11-26)21-28(17-20-39)35-33(40)27-12-14-29(15-13-27)38(43(41)42)19-16-25-6-2-3-7-30(25)34/h2-15,18,22,28,39H,16-17,19-21H2,1H3,(H,35,40)(H,41,42)/p-1. The zero-order valence-electron chi connectivity index (χ0n) is 23.7. The van der Waals surface area contributed by atoms with Gasteiger partial charge in [-0.3, -0.25) is 9.00 Å². The number of hydrogen-bond donors (Lipinski definition) is 2. The molecule has 8 nitrogen and oxygen atoms in total. The SMILES string of the molecule is Cc1cccn2cc(-c3ccc(CC(CCO)NC(=O)c4ccc(N(CCc5ccccc5Cl)S(=O)[O-])cc4)cc3)nc12. The molecule has 0 bridgehead atoms. The maximum Gasteiger partial charge on any atom is 0.251 e. The summed E-state index contributed by atoms with van der Waals surface area (Å²) >= 11 is 3.72. The van der Waals surface area contributed by atoms with E-state index in [1.54, 1.807) is 30.3 Å². The molecule has 0 spiro atoms. The number of hydrogen-bond acceptors (Lipinski definition) is 5. The van der Waals surface area contributed by atoms with Crippen LogP contribution in [0.25, 0.3) is 16.9 Å². The molecular weight excluding hydrogens is 584 g/mol. The summed E-state index contributed by atoms with van der Waals surface area (Å²) in [4.78, 5) is 17.8. The molecule has 0 fully saturated rings. The summed E-state index contributed by atoms with van der Waals surface area (Å²) in [5.41, 5.74) is 6.62. The second-order valence-corrected chi connectivity index (χ2v) is 11.6. The lowest BCUT2D eigenvalue weighted by Gasteiger charge is -2.27. The number of carbonyl (C=O) groups excluding carboxylic acids is 1. The van der Waals surface area contributed by atoms with Gasteiger partial charge in [-0.15, -0.1) is 0 Å². The molecule has 2 unspecified atom stereocenters. The van der Waals surface area contributed by atoms with Gasteiger partial charge in [0.15, 0.2) is 0 Å². The van der Waals surface area contributed by atoms with E-state index in [-0.39, 0.29) is 25.1 Å². The lowest BCUT2D eigenvalue weighted by molar-refractivity contribution is 0.0930. The van der Waals surface area contributed by atoms with E-state index in [2.05, 4.69) is 5.32 Å². The number of nitrogens with zero attached hydrogens (tertiary/aromatic N) is 3. The second-order valence-electron chi connectivity index (χ2n) is 10.3. The molecule has 0 radical (unpaired) electrons. The van der Waals surface area contributed by atoms with Crippen molar-refractivity contribution in [1.82, 2.24) is 14.7 Å². The van der Waals surface area contributed by atoms with Crippen molar-refractivity contribution >= 4 is 40.1 Å². The van der Waals surface area contributed by atoms with Crippen LogP contribution in [-0.4, -0.2) is 48.4 Å². The van der Waals surface area contributed by atoms with Crippen LogP contribution in [0.5, 0.6) is 0 Å². The number of fused-ring (bicyclic) bond motifs is 1. The van der Waals surface area contributed by atoms with Crippen LogP contribution in [0.3, 0.4) is 0 Å². The van der Waals surface area contributed by atoms with Gasteiger partial charge in [-0.1, -0.05) is 60.1 Å². The molecule has 0 saturated carbocycles. The number of rotatable bonds is 12. The average Bonchev–Trinajstić information content (AvgIpc) is 3.45. The molecule has 2 atom stereocenters. The van der Waals surface area contributed by atoms with Gasteiger partial charge in [0.1, 0.15) is 5.65 Å². The van der Waals surface area contributed by atoms with E-state index >= 15 is 0 Å². The summed E-state index contributed by atoms with van der Waals surface area (Å²) in [6.07, 6.45) is 5.36. The van der Waals surface area contributed by atoms with Crippen LogP contribution < -0.4 is 9.62 Å². The Morgan fingerprint density at radius 1 is 1.07 bits per heavy atom. The molecule has 43 heavy (non-hydrogen) atoms. The third-order valence-electron chi connectivity index (χ3n) is 7.36. The highest BCUT2D eigenvalue weighted by Gasteiger charge is 2.16. The Kier molecular flexibility index (Phi) is 9.89. The zero-order chi connectivity index (χ0) is 30.3. The van der Waals surface area contributed by atoms with Crippen molar-refractivity contribution < 1.29 is 18.7 Å². The Morgan fingerprint density at radius 3 is 2.49 bits per heavy atom. The number of amides is 1. The molecule has 1 amide bonds. The Labute approximate surface area is 258 Å². The number of halogens is 1. The summed E-state index contributed by atoms with van der Waals surface area (Å²) in [6, 6.07) is 25.5. The van der Waals surface area contributed by atoms with Gasteiger partial charge in [0.05, 0.1) is 5.69 Å². The molecular formula is C33H32ClN4O4S-. The van der Waals surface area contributed by atoms with Crippen molar-refractivity contribution in [3.8, 4) is 11.3 Å². The number of nitrogens with one attached hydrogen (secondary N) is 1. The number of imidazole rings is 1. The first-order chi connectivity index (χ1) is 20.8. The Balaban J connectivity index is 1.22. The van der Waals surface area contributed by atoms with Crippen molar-refractivity contribution in [2.45, 2.75) is 32.2 Å². The molecule has 0 aliphatic heterocycles. The predicted octanol–water partition coefficient (Wildman–Crippen LogP) is 5.53. The molecule has 2 N–H and O–H groups in total. The Hall–Kier alpha value is -4.02. The maximum atomic E-state index is 13.1. The molecule has 0 aliphatic rings. The molecule has 5 rings (SSSR count). The average molecular weight is 616 g/mol. The van der Waals surface area contributed by atoms with Crippen LogP contribution in [0.1, 0.15) is 33.5 Å². The molecule has 5 aromatic rings. The van der Waals surface area contributed by atoms with Gasteiger partial charge in [0.25, 0.3) is 5.91 Å². The lowest BCUT2D eigenvalue weighted by atomic mass is 10.0. The minimum Gasteiger partial charge on any atom is -0.755 e. The van der Waals surface area contributed by atoms with Crippen LogP contribution in [0, 0.1) is 6.92 Å². The molecule has 10 heteroatoms. The van der Waals surface area contributed by atoms with Crippen LogP contribution in [0.2, 0.25) is 5.02 Å². The number of pyridine rings is 1. The Bertz CT molecular complexity index is 1720. The van der Waals surface area contributed by atoms with Crippen molar-refractivity contribution in [1.29, 1.82) is 0 Å². The van der Waals surface area contributed by atoms with Crippen LogP contribution in [0.15, 0.2) is 97.3 Å². The Morgan fingerprint density at radius 2 is 1.81 bits per heavy atom. The van der Waals surface area contributed by atoms with Crippen molar-refractivity contribution in [3.63, 3.8) is 0 Å². The fourth-order valence-corrected chi connectivity index (χ4v) is 5.80. The summed E-state index contributed by atoms with van der Waals surface area (Å²) < 4.78 is 27.2. The molecule has 3 aromatic carbocycles. The number of aromatic nitrogens is 2. The van der Waals surface area contributed by atoms with Gasteiger partial charge in [0.2, 0.25) is 0 Å². The second kappa shape index (κ2) is 14.0. The molecule has 0 saturated heterocycles. The summed E-state index contributed by atoms with van der Waals surface area (Å²) in [5, 5.41) is 13.2. The van der Waals surface area contributed by atoms with Crippen LogP contribution >= 0.6 is 11.6 Å². The minimum atomic E-state index is -2.50. The van der Waals surface area contributed by atoms with Gasteiger partial charge in [-0.25, -0.2) is 4.98 Å². The summed E-state index contributed by atoms with van der Waals surface area (Å²) in [7, 11) is 0. The smallest absolute Gasteiger partial charge is 0.251 e. The van der Waals surface area contributed by atoms with Gasteiger partial charge in [0, 0.05) is 64.7 Å². The van der Waals surface area contributed by atoms with E-state index in [1.807, 2.05) is 78.3 Å². The topological polar surface area (TPSA) is 110 Å². The van der Waals surface area contributed by atoms with E-state index in [1.165, 1.54) is 4.31 Å². The summed E-state index contributed by atoms with van der Waals surface area (Å²) in [5.74, 6) is -0.299. The minimum absolute atomic E-state index is 0.0712. The molecule has 0 aliphatic carbocycles. The number of aryl methyl sites for hydroxylation is 1. The third-order valence-corrected chi connectivity index (χ3v) is 8.48. The highest BCUT2D eigenvalue weighted by molar-refractivity contribution is 7.80. The van der Waals surface area contributed by atoms with Crippen molar-refractivity contribution in [2.75, 3.05) is 17.5 Å². The summed E-state index contributed by atoms with van der Waals surface area (Å²) in [6.45, 7) is 2.17. The quantitative estimate of drug-likeness (QED) is 0.179. The van der Waals surface area contributed by atoms with E-state index in [0.29, 0.717) is 35.5 Å². The lowest BCUT2D eigenvalue weighted by Crippen LogP contribution is -2.37. The largest absolute Gasteiger partial charge is 0.755 e. The number of benzene rings is 3. The van der Waals surface area contributed by atoms with Crippen molar-refractivity contribution in [3.05, 3.63) is 125 Å². The molecule has 2 aromatic heterocycles. The first-order valence-corrected chi connectivity index (χ1v) is 15.4. The third kappa shape index (κ3) is 7.50. The molecule has 222 valence electrons. The van der Waals surface area contributed by atoms with Gasteiger partial charge in [-0.2, -0.15) is 0 Å². The van der Waals surface area contributed by atoms with E-state index in [4.69, 9.17) is 16.6 Å². The van der Waals surface area contributed by atoms with Gasteiger partial charge < -0.3 is 23.7 Å². The number of carbonyl (C=O) groups is 1. The number of aliphatic hydroxyl groups excluding tert-OH is 1. The monoisotopic (exact) mass is 615 g/mol. The number of anilines is 1. The predicted molar refractivity (Wildman–Crippen MR) is 170 cm³/mol. The van der Waals surface area contributed by atoms with Crippen molar-refractivity contribution in [2.24, 2.45) is 0 Å². The molecule has 2 heterocycles. The number of aliphatic hydroxyl groups is 1. The first kappa shape index (κ1) is 30.4. The van der Waals surface area contributed by atoms with E-state index in [0.717, 1.165) is 33.6 Å². The van der Waals surface area contributed by atoms with Gasteiger partial charge >= 0.3 is 0 Å². The van der Waals surface area contributed by atoms with Crippen LogP contribution in [0.4, 0.5) is 5.69 Å². The highest BCUT2D eigenvalue weighted by Crippen LogP contribution is 2.23. The first-order valence-electron chi connectivity index (χ1n) is 14.0. The highest BCUT2D eigenvalue weighted by atomic mass is 35.5. The zero-order valence-corrected chi connectivity index (χ0v) is 25.2. The van der Waals surface area contributed by atoms with Crippen LogP contribution in [-0.2, 0) is 24.1 Å².